The summed E-state index contributed by atoms with van der Waals surface area (Å²) >= 11 is 0. The predicted molar refractivity (Wildman–Crippen MR) is 56.8 cm³/mol. The highest BCUT2D eigenvalue weighted by molar-refractivity contribution is 5.76. The van der Waals surface area contributed by atoms with Crippen LogP contribution < -0.4 is 5.32 Å². The van der Waals surface area contributed by atoms with Gasteiger partial charge in [0.25, 0.3) is 0 Å². The number of hydrogen-bond acceptors (Lipinski definition) is 6. The summed E-state index contributed by atoms with van der Waals surface area (Å²) in [5.74, 6) is -0.339. The number of carbonyl (C=O) groups excluding carboxylic acids is 1. The third-order valence-electron chi connectivity index (χ3n) is 2.70. The van der Waals surface area contributed by atoms with Gasteiger partial charge in [-0.2, -0.15) is 0 Å². The molecule has 7 nitrogen and oxygen atoms in total. The molecular formula is C10H19NO6. The normalized spacial score (nSPS) is 37.8. The molecule has 1 fully saturated rings. The average molecular weight is 249 g/mol. The van der Waals surface area contributed by atoms with E-state index in [4.69, 9.17) is 9.84 Å². The van der Waals surface area contributed by atoms with E-state index in [1.807, 2.05) is 6.92 Å². The summed E-state index contributed by atoms with van der Waals surface area (Å²) in [6, 6.07) is -1.09. The van der Waals surface area contributed by atoms with Crippen LogP contribution in [0.3, 0.4) is 0 Å². The molecule has 0 bridgehead atoms. The second-order valence-corrected chi connectivity index (χ2v) is 4.07. The fourth-order valence-electron chi connectivity index (χ4n) is 1.74. The van der Waals surface area contributed by atoms with E-state index in [0.29, 0.717) is 6.42 Å². The third-order valence-corrected chi connectivity index (χ3v) is 2.70. The Morgan fingerprint density at radius 1 is 1.29 bits per heavy atom. The van der Waals surface area contributed by atoms with Gasteiger partial charge < -0.3 is 30.5 Å². The predicted octanol–water partition coefficient (Wildman–Crippen LogP) is -2.30. The van der Waals surface area contributed by atoms with Crippen molar-refractivity contribution < 1.29 is 30.0 Å². The van der Waals surface area contributed by atoms with Gasteiger partial charge in [-0.3, -0.25) is 4.79 Å². The Labute approximate surface area is 99.0 Å². The zero-order valence-corrected chi connectivity index (χ0v) is 9.61. The molecule has 0 saturated carbocycles. The van der Waals surface area contributed by atoms with Crippen LogP contribution in [-0.4, -0.2) is 63.6 Å². The van der Waals surface area contributed by atoms with Crippen molar-refractivity contribution in [2.45, 2.75) is 50.4 Å². The van der Waals surface area contributed by atoms with Gasteiger partial charge in [0.2, 0.25) is 5.91 Å². The summed E-state index contributed by atoms with van der Waals surface area (Å²) in [4.78, 5) is 11.3. The van der Waals surface area contributed by atoms with Crippen molar-refractivity contribution in [2.75, 3.05) is 6.61 Å². The molecule has 7 heteroatoms. The zero-order chi connectivity index (χ0) is 13.0. The molecule has 0 aromatic heterocycles. The van der Waals surface area contributed by atoms with Crippen molar-refractivity contribution in [2.24, 2.45) is 0 Å². The Morgan fingerprint density at radius 2 is 1.94 bits per heavy atom. The Balaban J connectivity index is 2.63. The van der Waals surface area contributed by atoms with Gasteiger partial charge in [0.15, 0.2) is 6.29 Å². The van der Waals surface area contributed by atoms with Crippen LogP contribution in [0, 0.1) is 0 Å². The fraction of sp³-hybridized carbons (Fsp3) is 0.900. The van der Waals surface area contributed by atoms with Crippen LogP contribution in [-0.2, 0) is 9.53 Å². The molecule has 0 aromatic carbocycles. The summed E-state index contributed by atoms with van der Waals surface area (Å²) in [5, 5.41) is 40.1. The molecule has 1 saturated heterocycles. The first-order chi connectivity index (χ1) is 8.01. The molecule has 1 aliphatic rings. The summed E-state index contributed by atoms with van der Waals surface area (Å²) < 4.78 is 4.89. The second kappa shape index (κ2) is 6.27. The lowest BCUT2D eigenvalue weighted by Crippen LogP contribution is -2.64. The lowest BCUT2D eigenvalue weighted by molar-refractivity contribution is -0.253. The molecule has 0 spiro atoms. The van der Waals surface area contributed by atoms with E-state index >= 15 is 0 Å². The highest BCUT2D eigenvalue weighted by Crippen LogP contribution is 2.19. The molecule has 1 rings (SSSR count). The van der Waals surface area contributed by atoms with Gasteiger partial charge in [0.05, 0.1) is 6.61 Å². The van der Waals surface area contributed by atoms with Crippen LogP contribution in [0.2, 0.25) is 0 Å². The molecule has 0 aromatic rings. The van der Waals surface area contributed by atoms with Gasteiger partial charge in [0, 0.05) is 6.42 Å². The Hall–Kier alpha value is -0.730. The number of hydrogen-bond donors (Lipinski definition) is 5. The number of nitrogens with one attached hydrogen (secondary N) is 1. The molecule has 0 radical (unpaired) electrons. The van der Waals surface area contributed by atoms with Gasteiger partial charge in [-0.1, -0.05) is 6.92 Å². The SMILES string of the molecule is CCCC(=O)N[C@H]1[C@@H](O)[C@H](O)[C@@H](CO)O[C@@H]1O. The molecule has 1 heterocycles. The number of aliphatic hydroxyl groups excluding tert-OH is 4. The van der Waals surface area contributed by atoms with Crippen molar-refractivity contribution in [1.82, 2.24) is 5.32 Å². The van der Waals surface area contributed by atoms with Crippen molar-refractivity contribution in [3.8, 4) is 0 Å². The van der Waals surface area contributed by atoms with Crippen molar-refractivity contribution in [3.05, 3.63) is 0 Å². The van der Waals surface area contributed by atoms with E-state index < -0.39 is 37.3 Å². The highest BCUT2D eigenvalue weighted by atomic mass is 16.6. The maximum atomic E-state index is 11.3. The zero-order valence-electron chi connectivity index (χ0n) is 9.61. The maximum Gasteiger partial charge on any atom is 0.220 e. The highest BCUT2D eigenvalue weighted by Gasteiger charge is 2.44. The Morgan fingerprint density at radius 3 is 2.47 bits per heavy atom. The maximum absolute atomic E-state index is 11.3. The van der Waals surface area contributed by atoms with Gasteiger partial charge >= 0.3 is 0 Å². The van der Waals surface area contributed by atoms with Crippen molar-refractivity contribution in [1.29, 1.82) is 0 Å². The van der Waals surface area contributed by atoms with E-state index in [2.05, 4.69) is 5.32 Å². The molecule has 17 heavy (non-hydrogen) atoms. The minimum Gasteiger partial charge on any atom is -0.394 e. The lowest BCUT2D eigenvalue weighted by Gasteiger charge is -2.40. The summed E-state index contributed by atoms with van der Waals surface area (Å²) in [7, 11) is 0. The smallest absolute Gasteiger partial charge is 0.220 e. The average Bonchev–Trinajstić information content (AvgIpc) is 2.29. The quantitative estimate of drug-likeness (QED) is 0.382. The van der Waals surface area contributed by atoms with Crippen LogP contribution in [0.1, 0.15) is 19.8 Å². The molecule has 0 aliphatic carbocycles. The van der Waals surface area contributed by atoms with Crippen LogP contribution in [0.15, 0.2) is 0 Å². The Bertz CT molecular complexity index is 261. The lowest BCUT2D eigenvalue weighted by atomic mass is 9.97. The monoisotopic (exact) mass is 249 g/mol. The van der Waals surface area contributed by atoms with E-state index in [1.165, 1.54) is 0 Å². The molecule has 5 atom stereocenters. The molecule has 1 amide bonds. The minimum atomic E-state index is -1.45. The van der Waals surface area contributed by atoms with Gasteiger partial charge in [-0.15, -0.1) is 0 Å². The summed E-state index contributed by atoms with van der Waals surface area (Å²) in [6.07, 6.45) is -4.35. The van der Waals surface area contributed by atoms with Crippen molar-refractivity contribution in [3.63, 3.8) is 0 Å². The first-order valence-electron chi connectivity index (χ1n) is 5.61. The first kappa shape index (κ1) is 14.3. The van der Waals surface area contributed by atoms with Crippen LogP contribution >= 0.6 is 0 Å². The summed E-state index contributed by atoms with van der Waals surface area (Å²) in [6.45, 7) is 1.30. The van der Waals surface area contributed by atoms with E-state index in [0.717, 1.165) is 0 Å². The number of ether oxygens (including phenoxy) is 1. The topological polar surface area (TPSA) is 119 Å². The number of amides is 1. The standard InChI is InChI=1S/C10H19NO6/c1-2-3-6(13)11-7-9(15)8(14)5(4-12)17-10(7)16/h5,7-10,12,14-16H,2-4H2,1H3,(H,11,13)/t5-,7+,8-,9-,10+/m1/s1. The van der Waals surface area contributed by atoms with Crippen LogP contribution in [0.25, 0.3) is 0 Å². The summed E-state index contributed by atoms with van der Waals surface area (Å²) in [5.41, 5.74) is 0. The van der Waals surface area contributed by atoms with Crippen LogP contribution in [0.5, 0.6) is 0 Å². The molecule has 5 N–H and O–H groups in total. The fourth-order valence-corrected chi connectivity index (χ4v) is 1.74. The van der Waals surface area contributed by atoms with Gasteiger partial charge in [-0.25, -0.2) is 0 Å². The number of rotatable bonds is 4. The first-order valence-corrected chi connectivity index (χ1v) is 5.61. The van der Waals surface area contributed by atoms with Gasteiger partial charge in [0.1, 0.15) is 24.4 Å². The van der Waals surface area contributed by atoms with E-state index in [9.17, 15) is 20.1 Å². The number of aliphatic hydroxyl groups is 4. The Kier molecular flexibility index (Phi) is 5.29. The molecule has 100 valence electrons. The molecule has 1 aliphatic heterocycles. The molecule has 0 unspecified atom stereocenters. The second-order valence-electron chi connectivity index (χ2n) is 4.07. The van der Waals surface area contributed by atoms with E-state index in [1.54, 1.807) is 0 Å². The number of carbonyl (C=O) groups is 1. The van der Waals surface area contributed by atoms with Crippen LogP contribution in [0.4, 0.5) is 0 Å². The van der Waals surface area contributed by atoms with E-state index in [-0.39, 0.29) is 12.3 Å². The minimum absolute atomic E-state index is 0.259. The third kappa shape index (κ3) is 3.36. The molecular weight excluding hydrogens is 230 g/mol. The largest absolute Gasteiger partial charge is 0.394 e. The van der Waals surface area contributed by atoms with Crippen molar-refractivity contribution >= 4 is 5.91 Å². The van der Waals surface area contributed by atoms with Gasteiger partial charge in [-0.05, 0) is 6.42 Å².